The average Bonchev–Trinajstić information content (AvgIpc) is 2.71. The molecule has 0 aliphatic heterocycles. The van der Waals surface area contributed by atoms with Gasteiger partial charge >= 0.3 is 29.6 Å². The van der Waals surface area contributed by atoms with E-state index in [0.29, 0.717) is 17.1 Å². The third kappa shape index (κ3) is 5.82. The number of fused-ring (bicyclic) bond motifs is 1. The van der Waals surface area contributed by atoms with Crippen LogP contribution in [0, 0.1) is 11.3 Å². The van der Waals surface area contributed by atoms with Crippen molar-refractivity contribution in [1.82, 2.24) is 0 Å². The number of carboxylic acid groups (broad SMARTS) is 1. The molecule has 0 aliphatic carbocycles. The van der Waals surface area contributed by atoms with Gasteiger partial charge in [0.05, 0.1) is 17.0 Å². The molecular weight excluding hydrogens is 389 g/mol. The van der Waals surface area contributed by atoms with Crippen molar-refractivity contribution in [2.24, 2.45) is 0 Å². The standard InChI is InChI=1S/C20H15NO7.Na/c21-9-12-1-3-14(4-2-12)26-10-13(22)11-27-15-5-6-18-16(7-15)17(23)8-19(28-18)20(24)25;/h1-8,13,22H,10-11H2,(H,24,25);/q;+1/p-1. The van der Waals surface area contributed by atoms with Crippen molar-refractivity contribution in [3.05, 3.63) is 70.1 Å². The minimum absolute atomic E-state index is 0. The SMILES string of the molecule is N#Cc1ccc(OCC(O)COc2ccc3oc(C(=O)[O-])cc(=O)c3c2)cc1.[Na+]. The fourth-order valence-electron chi connectivity index (χ4n) is 2.38. The molecule has 2 aromatic carbocycles. The average molecular weight is 403 g/mol. The summed E-state index contributed by atoms with van der Waals surface area (Å²) >= 11 is 0. The van der Waals surface area contributed by atoms with Crippen LogP contribution in [0.5, 0.6) is 11.5 Å². The number of aromatic carboxylic acids is 1. The Hall–Kier alpha value is -2.83. The Morgan fingerprint density at radius 2 is 1.72 bits per heavy atom. The first-order valence-corrected chi connectivity index (χ1v) is 8.19. The molecule has 1 atom stereocenters. The van der Waals surface area contributed by atoms with Gasteiger partial charge in [-0.25, -0.2) is 0 Å². The van der Waals surface area contributed by atoms with Crippen LogP contribution in [0.15, 0.2) is 57.7 Å². The fraction of sp³-hybridized carbons (Fsp3) is 0.150. The molecule has 1 heterocycles. The molecule has 3 aromatic rings. The number of benzene rings is 2. The number of hydrogen-bond donors (Lipinski definition) is 1. The second kappa shape index (κ2) is 10.1. The van der Waals surface area contributed by atoms with E-state index in [-0.39, 0.29) is 53.7 Å². The van der Waals surface area contributed by atoms with Gasteiger partial charge in [-0.2, -0.15) is 5.26 Å². The van der Waals surface area contributed by atoms with Crippen molar-refractivity contribution < 1.29 is 58.5 Å². The van der Waals surface area contributed by atoms with Gasteiger partial charge in [0.25, 0.3) is 0 Å². The molecule has 8 nitrogen and oxygen atoms in total. The minimum atomic E-state index is -1.58. The molecule has 1 N–H and O–H groups in total. The van der Waals surface area contributed by atoms with E-state index in [9.17, 15) is 19.8 Å². The molecule has 0 radical (unpaired) electrons. The number of ether oxygens (including phenoxy) is 2. The predicted octanol–water partition coefficient (Wildman–Crippen LogP) is -2.15. The summed E-state index contributed by atoms with van der Waals surface area (Å²) < 4.78 is 15.9. The van der Waals surface area contributed by atoms with E-state index < -0.39 is 23.3 Å². The zero-order valence-electron chi connectivity index (χ0n) is 15.5. The van der Waals surface area contributed by atoms with E-state index in [1.807, 2.05) is 6.07 Å². The molecule has 0 bridgehead atoms. The van der Waals surface area contributed by atoms with Crippen molar-refractivity contribution in [3.8, 4) is 17.6 Å². The summed E-state index contributed by atoms with van der Waals surface area (Å²) in [6.07, 6.45) is -0.941. The zero-order valence-corrected chi connectivity index (χ0v) is 17.5. The molecule has 3 rings (SSSR count). The van der Waals surface area contributed by atoms with Crippen molar-refractivity contribution >= 4 is 16.9 Å². The van der Waals surface area contributed by atoms with Crippen LogP contribution in [0.2, 0.25) is 0 Å². The first kappa shape index (κ1) is 22.5. The van der Waals surface area contributed by atoms with Gasteiger partial charge in [0.2, 0.25) is 0 Å². The molecule has 1 unspecified atom stereocenters. The van der Waals surface area contributed by atoms with Gasteiger partial charge in [-0.1, -0.05) is 0 Å². The van der Waals surface area contributed by atoms with Gasteiger partial charge in [-0.3, -0.25) is 4.79 Å². The second-order valence-corrected chi connectivity index (χ2v) is 5.83. The number of nitrogens with zero attached hydrogens (tertiary/aromatic N) is 1. The summed E-state index contributed by atoms with van der Waals surface area (Å²) in [6.45, 7) is -0.124. The first-order valence-electron chi connectivity index (χ1n) is 8.19. The van der Waals surface area contributed by atoms with E-state index >= 15 is 0 Å². The van der Waals surface area contributed by atoms with E-state index in [4.69, 9.17) is 19.2 Å². The largest absolute Gasteiger partial charge is 1.00 e. The monoisotopic (exact) mass is 403 g/mol. The summed E-state index contributed by atoms with van der Waals surface area (Å²) in [5.41, 5.74) is 0.0445. The molecule has 1 aromatic heterocycles. The summed E-state index contributed by atoms with van der Waals surface area (Å²) in [6, 6.07) is 13.6. The van der Waals surface area contributed by atoms with E-state index in [2.05, 4.69) is 0 Å². The Bertz CT molecular complexity index is 1100. The normalized spacial score (nSPS) is 11.2. The Balaban J connectivity index is 0.00000300. The topological polar surface area (TPSA) is 133 Å². The van der Waals surface area contributed by atoms with Crippen molar-refractivity contribution in [2.75, 3.05) is 13.2 Å². The number of aliphatic hydroxyl groups excluding tert-OH is 1. The molecule has 9 heteroatoms. The van der Waals surface area contributed by atoms with E-state index in [1.165, 1.54) is 18.2 Å². The molecule has 0 aliphatic rings. The number of aliphatic hydroxyl groups is 1. The van der Waals surface area contributed by atoms with Gasteiger partial charge in [0, 0.05) is 6.07 Å². The van der Waals surface area contributed by atoms with E-state index in [1.54, 1.807) is 24.3 Å². The van der Waals surface area contributed by atoms with Crippen LogP contribution in [0.4, 0.5) is 0 Å². The zero-order chi connectivity index (χ0) is 20.1. The second-order valence-electron chi connectivity index (χ2n) is 5.83. The quantitative estimate of drug-likeness (QED) is 0.442. The third-order valence-electron chi connectivity index (χ3n) is 3.77. The third-order valence-corrected chi connectivity index (χ3v) is 3.77. The van der Waals surface area contributed by atoms with Crippen LogP contribution in [0.25, 0.3) is 11.0 Å². The number of carbonyl (C=O) groups is 1. The molecule has 0 saturated heterocycles. The summed E-state index contributed by atoms with van der Waals surface area (Å²) in [5, 5.41) is 29.7. The Labute approximate surface area is 187 Å². The number of rotatable bonds is 7. The molecule has 142 valence electrons. The maximum Gasteiger partial charge on any atom is 1.00 e. The number of carboxylic acids is 1. The van der Waals surface area contributed by atoms with Crippen molar-refractivity contribution in [2.45, 2.75) is 6.10 Å². The maximum absolute atomic E-state index is 12.0. The smallest absolute Gasteiger partial charge is 0.542 e. The summed E-state index contributed by atoms with van der Waals surface area (Å²) in [7, 11) is 0. The van der Waals surface area contributed by atoms with Crippen molar-refractivity contribution in [3.63, 3.8) is 0 Å². The van der Waals surface area contributed by atoms with Gasteiger partial charge in [0.1, 0.15) is 42.4 Å². The molecule has 0 amide bonds. The predicted molar refractivity (Wildman–Crippen MR) is 95.0 cm³/mol. The van der Waals surface area contributed by atoms with Gasteiger partial charge < -0.3 is 28.9 Å². The molecule has 29 heavy (non-hydrogen) atoms. The van der Waals surface area contributed by atoms with Crippen LogP contribution >= 0.6 is 0 Å². The van der Waals surface area contributed by atoms with Crippen molar-refractivity contribution in [1.29, 1.82) is 5.26 Å². The maximum atomic E-state index is 12.0. The van der Waals surface area contributed by atoms with Gasteiger partial charge in [-0.05, 0) is 42.5 Å². The number of carbonyl (C=O) groups excluding carboxylic acids is 1. The summed E-state index contributed by atoms with van der Waals surface area (Å²) in [4.78, 5) is 22.8. The van der Waals surface area contributed by atoms with Crippen LogP contribution in [-0.4, -0.2) is 30.4 Å². The van der Waals surface area contributed by atoms with E-state index in [0.717, 1.165) is 6.07 Å². The molecule has 0 fully saturated rings. The van der Waals surface area contributed by atoms with Gasteiger partial charge in [0.15, 0.2) is 11.2 Å². The van der Waals surface area contributed by atoms with Crippen LogP contribution in [0.3, 0.4) is 0 Å². The van der Waals surface area contributed by atoms with Crippen LogP contribution in [0.1, 0.15) is 16.1 Å². The molecule has 0 saturated carbocycles. The number of hydrogen-bond acceptors (Lipinski definition) is 8. The first-order chi connectivity index (χ1) is 13.5. The van der Waals surface area contributed by atoms with Gasteiger partial charge in [-0.15, -0.1) is 0 Å². The Kier molecular flexibility index (Phi) is 7.82. The fourth-order valence-corrected chi connectivity index (χ4v) is 2.38. The van der Waals surface area contributed by atoms with Crippen LogP contribution < -0.4 is 49.6 Å². The number of nitriles is 1. The summed E-state index contributed by atoms with van der Waals surface area (Å²) in [5.74, 6) is -1.32. The minimum Gasteiger partial charge on any atom is -0.542 e. The van der Waals surface area contributed by atoms with Crippen LogP contribution in [-0.2, 0) is 0 Å². The molecule has 0 spiro atoms. The molecular formula is C20H14NNaO7. The Morgan fingerprint density at radius 1 is 1.10 bits per heavy atom. The Morgan fingerprint density at radius 3 is 2.34 bits per heavy atom.